The maximum atomic E-state index is 12.3. The van der Waals surface area contributed by atoms with Gasteiger partial charge in [-0.05, 0) is 51.2 Å². The monoisotopic (exact) mass is 278 g/mol. The standard InChI is InChI=1S/C14H18N2O4/c1-7-6-8(2)15-11(17)10(7)12(18)16-14(3,13(19)20)9-4-5-9/h6,9H,4-5H2,1-3H3,(H,15,17)(H,16,18)(H,19,20). The number of amides is 1. The van der Waals surface area contributed by atoms with Crippen LogP contribution < -0.4 is 10.9 Å². The van der Waals surface area contributed by atoms with Gasteiger partial charge in [-0.25, -0.2) is 4.79 Å². The molecule has 108 valence electrons. The zero-order valence-corrected chi connectivity index (χ0v) is 11.7. The second-order valence-electron chi connectivity index (χ2n) is 5.58. The molecule has 20 heavy (non-hydrogen) atoms. The van der Waals surface area contributed by atoms with Crippen molar-refractivity contribution < 1.29 is 14.7 Å². The van der Waals surface area contributed by atoms with Crippen LogP contribution in [0.2, 0.25) is 0 Å². The van der Waals surface area contributed by atoms with Gasteiger partial charge in [-0.2, -0.15) is 0 Å². The summed E-state index contributed by atoms with van der Waals surface area (Å²) < 4.78 is 0. The molecule has 0 spiro atoms. The molecular formula is C14H18N2O4. The molecule has 1 atom stereocenters. The van der Waals surface area contributed by atoms with E-state index in [1.165, 1.54) is 6.92 Å². The van der Waals surface area contributed by atoms with Gasteiger partial charge in [0.25, 0.3) is 11.5 Å². The predicted molar refractivity (Wildman–Crippen MR) is 72.8 cm³/mol. The fourth-order valence-corrected chi connectivity index (χ4v) is 2.43. The van der Waals surface area contributed by atoms with Gasteiger partial charge in [-0.15, -0.1) is 0 Å². The van der Waals surface area contributed by atoms with E-state index >= 15 is 0 Å². The van der Waals surface area contributed by atoms with Crippen LogP contribution in [-0.4, -0.2) is 27.5 Å². The van der Waals surface area contributed by atoms with Crippen LogP contribution in [0.5, 0.6) is 0 Å². The van der Waals surface area contributed by atoms with E-state index in [2.05, 4.69) is 10.3 Å². The third kappa shape index (κ3) is 2.45. The summed E-state index contributed by atoms with van der Waals surface area (Å²) in [4.78, 5) is 38.1. The number of carbonyl (C=O) groups excluding carboxylic acids is 1. The Morgan fingerprint density at radius 3 is 2.45 bits per heavy atom. The SMILES string of the molecule is Cc1cc(C)c(C(=O)NC(C)(C(=O)O)C2CC2)c(=O)[nH]1. The second-order valence-corrected chi connectivity index (χ2v) is 5.58. The zero-order valence-electron chi connectivity index (χ0n) is 11.7. The number of carbonyl (C=O) groups is 2. The minimum Gasteiger partial charge on any atom is -0.480 e. The Bertz CT molecular complexity index is 631. The number of aliphatic carboxylic acids is 1. The summed E-state index contributed by atoms with van der Waals surface area (Å²) in [6.45, 7) is 4.87. The number of hydrogen-bond donors (Lipinski definition) is 3. The van der Waals surface area contributed by atoms with Gasteiger partial charge in [0.05, 0.1) is 0 Å². The molecule has 1 unspecified atom stereocenters. The Morgan fingerprint density at radius 1 is 1.40 bits per heavy atom. The first-order valence-electron chi connectivity index (χ1n) is 6.52. The average molecular weight is 278 g/mol. The van der Waals surface area contributed by atoms with Crippen LogP contribution in [0.4, 0.5) is 0 Å². The number of carboxylic acids is 1. The molecule has 0 bridgehead atoms. The van der Waals surface area contributed by atoms with Gasteiger partial charge in [0.2, 0.25) is 0 Å². The molecule has 6 heteroatoms. The number of rotatable bonds is 4. The van der Waals surface area contributed by atoms with Crippen molar-refractivity contribution in [1.82, 2.24) is 10.3 Å². The lowest BCUT2D eigenvalue weighted by Crippen LogP contribution is -2.54. The normalized spacial score (nSPS) is 17.4. The van der Waals surface area contributed by atoms with E-state index in [1.54, 1.807) is 19.9 Å². The van der Waals surface area contributed by atoms with Crippen LogP contribution in [0.25, 0.3) is 0 Å². The summed E-state index contributed by atoms with van der Waals surface area (Å²) >= 11 is 0. The van der Waals surface area contributed by atoms with Crippen molar-refractivity contribution in [2.45, 2.75) is 39.2 Å². The highest BCUT2D eigenvalue weighted by molar-refractivity contribution is 5.98. The first kappa shape index (κ1) is 14.3. The van der Waals surface area contributed by atoms with Gasteiger partial charge in [-0.1, -0.05) is 0 Å². The summed E-state index contributed by atoms with van der Waals surface area (Å²) in [6, 6.07) is 1.69. The van der Waals surface area contributed by atoms with Crippen LogP contribution in [0.3, 0.4) is 0 Å². The molecule has 6 nitrogen and oxygen atoms in total. The first-order valence-corrected chi connectivity index (χ1v) is 6.52. The number of aryl methyl sites for hydroxylation is 2. The lowest BCUT2D eigenvalue weighted by Gasteiger charge is -2.26. The minimum absolute atomic E-state index is 0.0243. The molecule has 1 amide bonds. The van der Waals surface area contributed by atoms with Crippen LogP contribution in [0.15, 0.2) is 10.9 Å². The number of hydrogen-bond acceptors (Lipinski definition) is 3. The Kier molecular flexibility index (Phi) is 3.41. The topological polar surface area (TPSA) is 99.3 Å². The Balaban J connectivity index is 2.33. The third-order valence-electron chi connectivity index (χ3n) is 3.80. The molecule has 2 rings (SSSR count). The van der Waals surface area contributed by atoms with Gasteiger partial charge < -0.3 is 15.4 Å². The molecule has 1 heterocycles. The number of carboxylic acid groups (broad SMARTS) is 1. The predicted octanol–water partition coefficient (Wildman–Crippen LogP) is 0.975. The highest BCUT2D eigenvalue weighted by Crippen LogP contribution is 2.39. The van der Waals surface area contributed by atoms with Gasteiger partial charge in [-0.3, -0.25) is 9.59 Å². The first-order chi connectivity index (χ1) is 9.25. The molecule has 1 aliphatic carbocycles. The highest BCUT2D eigenvalue weighted by atomic mass is 16.4. The van der Waals surface area contributed by atoms with Gasteiger partial charge in [0.15, 0.2) is 0 Å². The summed E-state index contributed by atoms with van der Waals surface area (Å²) in [7, 11) is 0. The zero-order chi connectivity index (χ0) is 15.1. The number of pyridine rings is 1. The van der Waals surface area contributed by atoms with Crippen LogP contribution in [0.1, 0.15) is 41.4 Å². The van der Waals surface area contributed by atoms with Crippen molar-refractivity contribution in [2.24, 2.45) is 5.92 Å². The summed E-state index contributed by atoms with van der Waals surface area (Å²) in [5.41, 5.74) is -0.646. The molecule has 3 N–H and O–H groups in total. The van der Waals surface area contributed by atoms with E-state index in [-0.39, 0.29) is 11.5 Å². The second kappa shape index (κ2) is 4.77. The van der Waals surface area contributed by atoms with E-state index in [0.717, 1.165) is 12.8 Å². The molecule has 1 saturated carbocycles. The van der Waals surface area contributed by atoms with E-state index in [1.807, 2.05) is 0 Å². The molecule has 1 aromatic rings. The van der Waals surface area contributed by atoms with Crippen molar-refractivity contribution in [3.63, 3.8) is 0 Å². The summed E-state index contributed by atoms with van der Waals surface area (Å²) in [6.07, 6.45) is 1.54. The van der Waals surface area contributed by atoms with Crippen LogP contribution in [0, 0.1) is 19.8 Å². The summed E-state index contributed by atoms with van der Waals surface area (Å²) in [5.74, 6) is -1.79. The lowest BCUT2D eigenvalue weighted by atomic mass is 9.95. The maximum absolute atomic E-state index is 12.3. The molecule has 0 aliphatic heterocycles. The third-order valence-corrected chi connectivity index (χ3v) is 3.80. The maximum Gasteiger partial charge on any atom is 0.329 e. The van der Waals surface area contributed by atoms with Crippen molar-refractivity contribution >= 4 is 11.9 Å². The molecule has 0 aromatic carbocycles. The quantitative estimate of drug-likeness (QED) is 0.764. The van der Waals surface area contributed by atoms with E-state index in [0.29, 0.717) is 11.3 Å². The molecule has 1 aromatic heterocycles. The van der Waals surface area contributed by atoms with Gasteiger partial charge >= 0.3 is 5.97 Å². The van der Waals surface area contributed by atoms with Crippen molar-refractivity contribution in [3.05, 3.63) is 33.2 Å². The number of aromatic nitrogens is 1. The fraction of sp³-hybridized carbons (Fsp3) is 0.500. The van der Waals surface area contributed by atoms with E-state index in [4.69, 9.17) is 0 Å². The number of nitrogens with one attached hydrogen (secondary N) is 2. The minimum atomic E-state index is -1.32. The van der Waals surface area contributed by atoms with Crippen LogP contribution in [-0.2, 0) is 4.79 Å². The van der Waals surface area contributed by atoms with Crippen molar-refractivity contribution in [3.8, 4) is 0 Å². The average Bonchev–Trinajstić information content (AvgIpc) is 3.10. The Hall–Kier alpha value is -2.11. The molecular weight excluding hydrogens is 260 g/mol. The molecule has 0 saturated heterocycles. The largest absolute Gasteiger partial charge is 0.480 e. The molecule has 1 fully saturated rings. The van der Waals surface area contributed by atoms with Crippen LogP contribution >= 0.6 is 0 Å². The summed E-state index contributed by atoms with van der Waals surface area (Å²) in [5, 5.41) is 11.8. The van der Waals surface area contributed by atoms with E-state index < -0.39 is 23.0 Å². The highest BCUT2D eigenvalue weighted by Gasteiger charge is 2.48. The van der Waals surface area contributed by atoms with Crippen molar-refractivity contribution in [1.29, 1.82) is 0 Å². The molecule has 0 radical (unpaired) electrons. The Labute approximate surface area is 116 Å². The van der Waals surface area contributed by atoms with Crippen molar-refractivity contribution in [2.75, 3.05) is 0 Å². The molecule has 1 aliphatic rings. The van der Waals surface area contributed by atoms with Gasteiger partial charge in [0.1, 0.15) is 11.1 Å². The lowest BCUT2D eigenvalue weighted by molar-refractivity contribution is -0.144. The van der Waals surface area contributed by atoms with E-state index in [9.17, 15) is 19.5 Å². The number of aromatic amines is 1. The van der Waals surface area contributed by atoms with Gasteiger partial charge in [0, 0.05) is 5.69 Å². The Morgan fingerprint density at radius 2 is 2.00 bits per heavy atom. The smallest absolute Gasteiger partial charge is 0.329 e. The fourth-order valence-electron chi connectivity index (χ4n) is 2.43. The number of H-pyrrole nitrogens is 1.